The van der Waals surface area contributed by atoms with E-state index in [9.17, 15) is 0 Å². The average Bonchev–Trinajstić information content (AvgIpc) is 2.29. The van der Waals surface area contributed by atoms with Gasteiger partial charge in [0.2, 0.25) is 0 Å². The van der Waals surface area contributed by atoms with Crippen molar-refractivity contribution in [1.29, 1.82) is 0 Å². The molecule has 0 heterocycles. The minimum Gasteiger partial charge on any atom is -0.492 e. The Hall–Kier alpha value is -0.540. The van der Waals surface area contributed by atoms with E-state index in [0.29, 0.717) is 5.92 Å². The third kappa shape index (κ3) is 4.81. The summed E-state index contributed by atoms with van der Waals surface area (Å²) in [6.45, 7) is 7.28. The average molecular weight is 326 g/mol. The van der Waals surface area contributed by atoms with E-state index < -0.39 is 0 Å². The van der Waals surface area contributed by atoms with Gasteiger partial charge in [-0.3, -0.25) is 0 Å². The van der Waals surface area contributed by atoms with Crippen molar-refractivity contribution in [3.63, 3.8) is 0 Å². The van der Waals surface area contributed by atoms with E-state index in [1.807, 2.05) is 0 Å². The molecule has 1 aromatic rings. The van der Waals surface area contributed by atoms with Crippen molar-refractivity contribution >= 4 is 15.9 Å². The SMILES string of the molecule is CC(C)CNCc1ccc(OCC2CCC2)c(Br)c1. The van der Waals surface area contributed by atoms with Crippen molar-refractivity contribution in [2.24, 2.45) is 11.8 Å². The largest absolute Gasteiger partial charge is 0.492 e. The van der Waals surface area contributed by atoms with Crippen molar-refractivity contribution in [2.75, 3.05) is 13.2 Å². The first-order valence-corrected chi connectivity index (χ1v) is 8.06. The van der Waals surface area contributed by atoms with Crippen LogP contribution in [-0.4, -0.2) is 13.2 Å². The Kier molecular flexibility index (Phi) is 5.71. The summed E-state index contributed by atoms with van der Waals surface area (Å²) in [5.74, 6) is 2.44. The molecule has 0 radical (unpaired) electrons. The highest BCUT2D eigenvalue weighted by atomic mass is 79.9. The van der Waals surface area contributed by atoms with Gasteiger partial charge in [0.25, 0.3) is 0 Å². The number of rotatable bonds is 7. The second-order valence-corrected chi connectivity index (χ2v) is 6.75. The zero-order chi connectivity index (χ0) is 13.7. The molecule has 106 valence electrons. The van der Waals surface area contributed by atoms with E-state index in [1.54, 1.807) is 0 Å². The van der Waals surface area contributed by atoms with Gasteiger partial charge < -0.3 is 10.1 Å². The van der Waals surface area contributed by atoms with Crippen LogP contribution in [0.15, 0.2) is 22.7 Å². The first-order chi connectivity index (χ1) is 9.15. The van der Waals surface area contributed by atoms with E-state index in [-0.39, 0.29) is 0 Å². The highest BCUT2D eigenvalue weighted by molar-refractivity contribution is 9.10. The highest BCUT2D eigenvalue weighted by Crippen LogP contribution is 2.30. The Bertz CT molecular complexity index is 402. The molecule has 0 unspecified atom stereocenters. The van der Waals surface area contributed by atoms with Crippen LogP contribution in [0.5, 0.6) is 5.75 Å². The molecule has 2 nitrogen and oxygen atoms in total. The zero-order valence-electron chi connectivity index (χ0n) is 11.9. The van der Waals surface area contributed by atoms with Crippen LogP contribution in [0.25, 0.3) is 0 Å². The Morgan fingerprint density at radius 1 is 1.37 bits per heavy atom. The first kappa shape index (κ1) is 14.9. The van der Waals surface area contributed by atoms with Crippen LogP contribution in [0.4, 0.5) is 0 Å². The molecule has 1 aliphatic carbocycles. The molecule has 1 saturated carbocycles. The zero-order valence-corrected chi connectivity index (χ0v) is 13.5. The van der Waals surface area contributed by atoms with Crippen LogP contribution in [0.2, 0.25) is 0 Å². The number of hydrogen-bond donors (Lipinski definition) is 1. The van der Waals surface area contributed by atoms with Gasteiger partial charge in [0.15, 0.2) is 0 Å². The fourth-order valence-corrected chi connectivity index (χ4v) is 2.68. The van der Waals surface area contributed by atoms with Gasteiger partial charge in [-0.05, 0) is 64.8 Å². The molecule has 0 saturated heterocycles. The summed E-state index contributed by atoms with van der Waals surface area (Å²) in [7, 11) is 0. The third-order valence-corrected chi connectivity index (χ3v) is 4.20. The quantitative estimate of drug-likeness (QED) is 0.803. The van der Waals surface area contributed by atoms with E-state index in [0.717, 1.165) is 35.8 Å². The molecular formula is C16H24BrNO. The fourth-order valence-electron chi connectivity index (χ4n) is 2.14. The monoisotopic (exact) mass is 325 g/mol. The van der Waals surface area contributed by atoms with E-state index in [2.05, 4.69) is 53.3 Å². The Labute approximate surface area is 125 Å². The molecule has 3 heteroatoms. The number of nitrogens with one attached hydrogen (secondary N) is 1. The molecule has 1 N–H and O–H groups in total. The number of ether oxygens (including phenoxy) is 1. The maximum absolute atomic E-state index is 5.87. The van der Waals surface area contributed by atoms with Gasteiger partial charge in [-0.2, -0.15) is 0 Å². The van der Waals surface area contributed by atoms with E-state index >= 15 is 0 Å². The summed E-state index contributed by atoms with van der Waals surface area (Å²) in [6, 6.07) is 6.38. The van der Waals surface area contributed by atoms with Crippen molar-refractivity contribution in [2.45, 2.75) is 39.7 Å². The maximum Gasteiger partial charge on any atom is 0.133 e. The van der Waals surface area contributed by atoms with E-state index in [4.69, 9.17) is 4.74 Å². The predicted octanol–water partition coefficient (Wildman–Crippen LogP) is 4.37. The molecule has 2 rings (SSSR count). The summed E-state index contributed by atoms with van der Waals surface area (Å²) in [4.78, 5) is 0. The second-order valence-electron chi connectivity index (χ2n) is 5.90. The normalized spacial score (nSPS) is 15.6. The van der Waals surface area contributed by atoms with Gasteiger partial charge in [0, 0.05) is 6.54 Å². The molecule has 0 amide bonds. The van der Waals surface area contributed by atoms with Crippen LogP contribution >= 0.6 is 15.9 Å². The lowest BCUT2D eigenvalue weighted by Crippen LogP contribution is -2.20. The van der Waals surface area contributed by atoms with Gasteiger partial charge in [0.1, 0.15) is 5.75 Å². The Balaban J connectivity index is 1.81. The van der Waals surface area contributed by atoms with Crippen molar-refractivity contribution in [3.8, 4) is 5.75 Å². The summed E-state index contributed by atoms with van der Waals surface area (Å²) in [6.07, 6.45) is 4.03. The summed E-state index contributed by atoms with van der Waals surface area (Å²) in [5, 5.41) is 3.45. The molecule has 0 bridgehead atoms. The molecular weight excluding hydrogens is 302 g/mol. The van der Waals surface area contributed by atoms with Crippen LogP contribution in [0.3, 0.4) is 0 Å². The van der Waals surface area contributed by atoms with Gasteiger partial charge in [0.05, 0.1) is 11.1 Å². The van der Waals surface area contributed by atoms with Crippen LogP contribution in [0.1, 0.15) is 38.7 Å². The van der Waals surface area contributed by atoms with Crippen LogP contribution in [0, 0.1) is 11.8 Å². The number of benzene rings is 1. The van der Waals surface area contributed by atoms with Crippen LogP contribution in [-0.2, 0) is 6.54 Å². The Morgan fingerprint density at radius 3 is 2.74 bits per heavy atom. The fraction of sp³-hybridized carbons (Fsp3) is 0.625. The lowest BCUT2D eigenvalue weighted by molar-refractivity contribution is 0.180. The number of halogens is 1. The van der Waals surface area contributed by atoms with Gasteiger partial charge >= 0.3 is 0 Å². The molecule has 0 atom stereocenters. The smallest absolute Gasteiger partial charge is 0.133 e. The van der Waals surface area contributed by atoms with Gasteiger partial charge in [-0.1, -0.05) is 26.3 Å². The van der Waals surface area contributed by atoms with Gasteiger partial charge in [-0.15, -0.1) is 0 Å². The van der Waals surface area contributed by atoms with Crippen molar-refractivity contribution in [1.82, 2.24) is 5.32 Å². The number of hydrogen-bond acceptors (Lipinski definition) is 2. The molecule has 1 aromatic carbocycles. The third-order valence-electron chi connectivity index (χ3n) is 3.58. The molecule has 0 aliphatic heterocycles. The molecule has 19 heavy (non-hydrogen) atoms. The Morgan fingerprint density at radius 2 is 2.16 bits per heavy atom. The summed E-state index contributed by atoms with van der Waals surface area (Å²) < 4.78 is 6.94. The standard InChI is InChI=1S/C16H24BrNO/c1-12(2)9-18-10-14-6-7-16(15(17)8-14)19-11-13-4-3-5-13/h6-8,12-13,18H,3-5,9-11H2,1-2H3. The topological polar surface area (TPSA) is 21.3 Å². The molecule has 1 fully saturated rings. The van der Waals surface area contributed by atoms with Gasteiger partial charge in [-0.25, -0.2) is 0 Å². The molecule has 0 aromatic heterocycles. The molecule has 0 spiro atoms. The van der Waals surface area contributed by atoms with Crippen LogP contribution < -0.4 is 10.1 Å². The minimum atomic E-state index is 0.688. The molecule has 1 aliphatic rings. The maximum atomic E-state index is 5.87. The first-order valence-electron chi connectivity index (χ1n) is 7.27. The second kappa shape index (κ2) is 7.30. The van der Waals surface area contributed by atoms with E-state index in [1.165, 1.54) is 24.8 Å². The minimum absolute atomic E-state index is 0.688. The van der Waals surface area contributed by atoms with Crippen molar-refractivity contribution < 1.29 is 4.74 Å². The predicted molar refractivity (Wildman–Crippen MR) is 83.5 cm³/mol. The summed E-state index contributed by atoms with van der Waals surface area (Å²) in [5.41, 5.74) is 1.29. The highest BCUT2D eigenvalue weighted by Gasteiger charge is 2.18. The van der Waals surface area contributed by atoms with Crippen molar-refractivity contribution in [3.05, 3.63) is 28.2 Å². The lowest BCUT2D eigenvalue weighted by Gasteiger charge is -2.25. The summed E-state index contributed by atoms with van der Waals surface area (Å²) >= 11 is 3.61. The lowest BCUT2D eigenvalue weighted by atomic mass is 9.86.